The van der Waals surface area contributed by atoms with E-state index in [1.54, 1.807) is 7.11 Å². The van der Waals surface area contributed by atoms with Crippen LogP contribution in [0.25, 0.3) is 0 Å². The van der Waals surface area contributed by atoms with Gasteiger partial charge in [-0.1, -0.05) is 54.1 Å². The molecule has 0 atom stereocenters. The fourth-order valence-corrected chi connectivity index (χ4v) is 2.69. The predicted molar refractivity (Wildman–Crippen MR) is 105 cm³/mol. The minimum absolute atomic E-state index is 0.586. The van der Waals surface area contributed by atoms with Gasteiger partial charge in [0.1, 0.15) is 18.1 Å². The van der Waals surface area contributed by atoms with Crippen molar-refractivity contribution in [2.45, 2.75) is 26.6 Å². The molecule has 3 aromatic carbocycles. The summed E-state index contributed by atoms with van der Waals surface area (Å²) in [4.78, 5) is 0. The third kappa shape index (κ3) is 5.36. The summed E-state index contributed by atoms with van der Waals surface area (Å²) in [5.41, 5.74) is 4.88. The van der Waals surface area contributed by atoms with Crippen molar-refractivity contribution in [2.75, 3.05) is 7.11 Å². The SMILES string of the molecule is COc1ccc(CNCc2cccc(OCc3ccc(C)cc3)c2)cc1. The van der Waals surface area contributed by atoms with Crippen molar-refractivity contribution in [3.05, 3.63) is 95.1 Å². The Morgan fingerprint density at radius 1 is 0.731 bits per heavy atom. The number of nitrogens with one attached hydrogen (secondary N) is 1. The minimum atomic E-state index is 0.586. The molecule has 0 unspecified atom stereocenters. The maximum absolute atomic E-state index is 5.92. The molecule has 0 aliphatic heterocycles. The Morgan fingerprint density at radius 3 is 2.15 bits per heavy atom. The van der Waals surface area contributed by atoms with Gasteiger partial charge in [-0.15, -0.1) is 0 Å². The van der Waals surface area contributed by atoms with Gasteiger partial charge >= 0.3 is 0 Å². The van der Waals surface area contributed by atoms with Gasteiger partial charge in [-0.05, 0) is 47.9 Å². The summed E-state index contributed by atoms with van der Waals surface area (Å²) in [5, 5.41) is 3.47. The van der Waals surface area contributed by atoms with E-state index in [4.69, 9.17) is 9.47 Å². The van der Waals surface area contributed by atoms with Gasteiger partial charge in [-0.3, -0.25) is 0 Å². The van der Waals surface area contributed by atoms with Crippen molar-refractivity contribution in [3.8, 4) is 11.5 Å². The maximum Gasteiger partial charge on any atom is 0.120 e. The van der Waals surface area contributed by atoms with Crippen LogP contribution >= 0.6 is 0 Å². The lowest BCUT2D eigenvalue weighted by atomic mass is 10.1. The smallest absolute Gasteiger partial charge is 0.120 e. The Morgan fingerprint density at radius 2 is 1.42 bits per heavy atom. The van der Waals surface area contributed by atoms with E-state index in [1.165, 1.54) is 22.3 Å². The molecule has 0 bridgehead atoms. The van der Waals surface area contributed by atoms with Crippen LogP contribution in [0.4, 0.5) is 0 Å². The monoisotopic (exact) mass is 347 g/mol. The number of ether oxygens (including phenoxy) is 2. The molecule has 3 heteroatoms. The highest BCUT2D eigenvalue weighted by atomic mass is 16.5. The molecule has 0 heterocycles. The van der Waals surface area contributed by atoms with E-state index >= 15 is 0 Å². The summed E-state index contributed by atoms with van der Waals surface area (Å²) in [7, 11) is 1.68. The Kier molecular flexibility index (Phi) is 6.29. The van der Waals surface area contributed by atoms with Gasteiger partial charge in [0.05, 0.1) is 7.11 Å². The number of aryl methyl sites for hydroxylation is 1. The second-order valence-corrected chi connectivity index (χ2v) is 6.37. The summed E-state index contributed by atoms with van der Waals surface area (Å²) in [6.45, 7) is 4.29. The Balaban J connectivity index is 1.49. The van der Waals surface area contributed by atoms with Gasteiger partial charge in [0.25, 0.3) is 0 Å². The van der Waals surface area contributed by atoms with Crippen molar-refractivity contribution in [2.24, 2.45) is 0 Å². The van der Waals surface area contributed by atoms with Crippen LogP contribution in [-0.2, 0) is 19.7 Å². The largest absolute Gasteiger partial charge is 0.497 e. The van der Waals surface area contributed by atoms with Crippen LogP contribution in [-0.4, -0.2) is 7.11 Å². The first-order chi connectivity index (χ1) is 12.7. The second-order valence-electron chi connectivity index (χ2n) is 6.37. The summed E-state index contributed by atoms with van der Waals surface area (Å²) in [6, 6.07) is 24.8. The van der Waals surface area contributed by atoms with E-state index in [-0.39, 0.29) is 0 Å². The van der Waals surface area contributed by atoms with Crippen LogP contribution in [0.1, 0.15) is 22.3 Å². The molecule has 0 spiro atoms. The van der Waals surface area contributed by atoms with Gasteiger partial charge in [-0.2, -0.15) is 0 Å². The van der Waals surface area contributed by atoms with Crippen molar-refractivity contribution < 1.29 is 9.47 Å². The zero-order valence-corrected chi connectivity index (χ0v) is 15.4. The molecule has 0 aliphatic carbocycles. The highest BCUT2D eigenvalue weighted by Crippen LogP contribution is 2.16. The van der Waals surface area contributed by atoms with E-state index in [1.807, 2.05) is 24.3 Å². The topological polar surface area (TPSA) is 30.5 Å². The van der Waals surface area contributed by atoms with Crippen molar-refractivity contribution in [1.29, 1.82) is 0 Å². The van der Waals surface area contributed by atoms with Crippen LogP contribution < -0.4 is 14.8 Å². The minimum Gasteiger partial charge on any atom is -0.497 e. The second kappa shape index (κ2) is 9.07. The Labute approximate surface area is 155 Å². The van der Waals surface area contributed by atoms with Gasteiger partial charge < -0.3 is 14.8 Å². The lowest BCUT2D eigenvalue weighted by Crippen LogP contribution is -2.12. The van der Waals surface area contributed by atoms with E-state index in [2.05, 4.69) is 60.8 Å². The lowest BCUT2D eigenvalue weighted by molar-refractivity contribution is 0.306. The van der Waals surface area contributed by atoms with Crippen LogP contribution in [0.2, 0.25) is 0 Å². The molecule has 1 N–H and O–H groups in total. The van der Waals surface area contributed by atoms with E-state index in [0.29, 0.717) is 6.61 Å². The molecule has 0 radical (unpaired) electrons. The van der Waals surface area contributed by atoms with Crippen molar-refractivity contribution in [3.63, 3.8) is 0 Å². The van der Waals surface area contributed by atoms with Crippen LogP contribution in [0.3, 0.4) is 0 Å². The Hall–Kier alpha value is -2.78. The number of methoxy groups -OCH3 is 1. The summed E-state index contributed by atoms with van der Waals surface area (Å²) >= 11 is 0. The van der Waals surface area contributed by atoms with E-state index in [9.17, 15) is 0 Å². The molecule has 0 aliphatic rings. The number of benzene rings is 3. The molecule has 3 aromatic rings. The molecule has 0 aromatic heterocycles. The normalized spacial score (nSPS) is 10.5. The first kappa shape index (κ1) is 18.0. The van der Waals surface area contributed by atoms with Gasteiger partial charge in [0, 0.05) is 13.1 Å². The lowest BCUT2D eigenvalue weighted by Gasteiger charge is -2.10. The van der Waals surface area contributed by atoms with Gasteiger partial charge in [0.15, 0.2) is 0 Å². The van der Waals surface area contributed by atoms with E-state index < -0.39 is 0 Å². The molecule has 0 saturated carbocycles. The first-order valence-electron chi connectivity index (χ1n) is 8.84. The number of hydrogen-bond donors (Lipinski definition) is 1. The molecule has 0 fully saturated rings. The number of rotatable bonds is 8. The van der Waals surface area contributed by atoms with Crippen LogP contribution in [0.5, 0.6) is 11.5 Å². The highest BCUT2D eigenvalue weighted by Gasteiger charge is 2.00. The third-order valence-corrected chi connectivity index (χ3v) is 4.24. The van der Waals surface area contributed by atoms with Crippen LogP contribution in [0.15, 0.2) is 72.8 Å². The quantitative estimate of drug-likeness (QED) is 0.630. The molecule has 3 nitrogen and oxygen atoms in total. The molecular formula is C23H25NO2. The average molecular weight is 347 g/mol. The summed E-state index contributed by atoms with van der Waals surface area (Å²) in [5.74, 6) is 1.78. The average Bonchev–Trinajstić information content (AvgIpc) is 2.68. The predicted octanol–water partition coefficient (Wildman–Crippen LogP) is 4.87. The number of hydrogen-bond acceptors (Lipinski definition) is 3. The Bertz CT molecular complexity index is 810. The molecular weight excluding hydrogens is 322 g/mol. The zero-order chi connectivity index (χ0) is 18.2. The fraction of sp³-hybridized carbons (Fsp3) is 0.217. The summed E-state index contributed by atoms with van der Waals surface area (Å²) < 4.78 is 11.1. The summed E-state index contributed by atoms with van der Waals surface area (Å²) in [6.07, 6.45) is 0. The first-order valence-corrected chi connectivity index (χ1v) is 8.84. The highest BCUT2D eigenvalue weighted by molar-refractivity contribution is 5.30. The molecule has 0 amide bonds. The molecule has 0 saturated heterocycles. The van der Waals surface area contributed by atoms with Crippen molar-refractivity contribution in [1.82, 2.24) is 5.32 Å². The van der Waals surface area contributed by atoms with Crippen molar-refractivity contribution >= 4 is 0 Å². The molecule has 26 heavy (non-hydrogen) atoms. The fourth-order valence-electron chi connectivity index (χ4n) is 2.69. The van der Waals surface area contributed by atoms with Gasteiger partial charge in [-0.25, -0.2) is 0 Å². The zero-order valence-electron chi connectivity index (χ0n) is 15.4. The van der Waals surface area contributed by atoms with Gasteiger partial charge in [0.2, 0.25) is 0 Å². The maximum atomic E-state index is 5.92. The third-order valence-electron chi connectivity index (χ3n) is 4.24. The standard InChI is InChI=1S/C23H25NO2/c1-18-6-8-20(9-7-18)17-26-23-5-3-4-21(14-23)16-24-15-19-10-12-22(25-2)13-11-19/h3-14,24H,15-17H2,1-2H3. The molecule has 3 rings (SSSR count). The molecule has 134 valence electrons. The van der Waals surface area contributed by atoms with E-state index in [0.717, 1.165) is 24.6 Å². The van der Waals surface area contributed by atoms with Crippen LogP contribution in [0, 0.1) is 6.92 Å².